The number of rotatable bonds is 3. The summed E-state index contributed by atoms with van der Waals surface area (Å²) >= 11 is 0. The highest BCUT2D eigenvalue weighted by molar-refractivity contribution is 7.31. The van der Waals surface area contributed by atoms with E-state index in [9.17, 15) is 9.46 Å². The van der Waals surface area contributed by atoms with Crippen LogP contribution in [0.15, 0.2) is 24.3 Å². The summed E-state index contributed by atoms with van der Waals surface area (Å²) in [5.41, 5.74) is 1.16. The van der Waals surface area contributed by atoms with Gasteiger partial charge in [0.05, 0.1) is 0 Å². The van der Waals surface area contributed by atoms with E-state index in [1.165, 1.54) is 0 Å². The fourth-order valence-electron chi connectivity index (χ4n) is 0.872. The van der Waals surface area contributed by atoms with Gasteiger partial charge < -0.3 is 4.89 Å². The van der Waals surface area contributed by atoms with Gasteiger partial charge in [-0.2, -0.15) is 0 Å². The molecule has 1 atom stereocenters. The van der Waals surface area contributed by atoms with E-state index < -0.39 is 8.25 Å². The van der Waals surface area contributed by atoms with Crippen molar-refractivity contribution in [2.24, 2.45) is 0 Å². The normalized spacial score (nSPS) is 11.0. The Morgan fingerprint density at radius 1 is 1.42 bits per heavy atom. The maximum atomic E-state index is 10.1. The first kappa shape index (κ1) is 9.17. The van der Waals surface area contributed by atoms with E-state index in [0.29, 0.717) is 5.75 Å². The van der Waals surface area contributed by atoms with Gasteiger partial charge in [-0.15, -0.1) is 0 Å². The average molecular weight is 184 g/mol. The maximum Gasteiger partial charge on any atom is 0.539 e. The smallest absolute Gasteiger partial charge is 0.539 e. The predicted molar refractivity (Wildman–Crippen MR) is 44.1 cm³/mol. The summed E-state index contributed by atoms with van der Waals surface area (Å²) in [5.74, 6) is 0.364. The van der Waals surface area contributed by atoms with Crippen molar-refractivity contribution in [3.05, 3.63) is 29.8 Å². The van der Waals surface area contributed by atoms with Crippen LogP contribution in [-0.2, 0) is 11.0 Å². The van der Waals surface area contributed by atoms with Crippen molar-refractivity contribution in [2.45, 2.75) is 13.3 Å². The van der Waals surface area contributed by atoms with Gasteiger partial charge in [0.15, 0.2) is 5.75 Å². The Labute approximate surface area is 71.9 Å². The summed E-state index contributed by atoms with van der Waals surface area (Å²) in [6.45, 7) is 2.03. The van der Waals surface area contributed by atoms with E-state index in [1.807, 2.05) is 19.1 Å². The second kappa shape index (κ2) is 4.19. The van der Waals surface area contributed by atoms with Crippen LogP contribution in [0, 0.1) is 0 Å². The lowest BCUT2D eigenvalue weighted by molar-refractivity contribution is -0.178. The molecular weight excluding hydrogens is 175 g/mol. The molecule has 1 aromatic carbocycles. The monoisotopic (exact) mass is 184 g/mol. The summed E-state index contributed by atoms with van der Waals surface area (Å²) in [6.07, 6.45) is 0.934. The van der Waals surface area contributed by atoms with Crippen molar-refractivity contribution in [3.8, 4) is 5.75 Å². The lowest BCUT2D eigenvalue weighted by atomic mass is 10.2. The predicted octanol–water partition coefficient (Wildman–Crippen LogP) is 1.65. The molecule has 0 heterocycles. The van der Waals surface area contributed by atoms with Gasteiger partial charge >= 0.3 is 8.25 Å². The first-order valence-corrected chi connectivity index (χ1v) is 4.73. The summed E-state index contributed by atoms with van der Waals surface area (Å²) < 4.78 is 14.6. The van der Waals surface area contributed by atoms with E-state index in [0.717, 1.165) is 12.0 Å². The third-order valence-corrected chi connectivity index (χ3v) is 1.87. The third kappa shape index (κ3) is 2.61. The van der Waals surface area contributed by atoms with Crippen molar-refractivity contribution in [1.29, 1.82) is 0 Å². The van der Waals surface area contributed by atoms with Gasteiger partial charge in [-0.05, 0) is 28.7 Å². The maximum absolute atomic E-state index is 10.1. The average Bonchev–Trinajstić information content (AvgIpc) is 2.05. The fourth-order valence-corrected chi connectivity index (χ4v) is 1.17. The number of hydrogen-bond donors (Lipinski definition) is 0. The van der Waals surface area contributed by atoms with Gasteiger partial charge in [0.25, 0.3) is 0 Å². The summed E-state index contributed by atoms with van der Waals surface area (Å²) in [4.78, 5) is 10.1. The van der Waals surface area contributed by atoms with E-state index in [2.05, 4.69) is 4.52 Å². The minimum absolute atomic E-state index is 0.364. The van der Waals surface area contributed by atoms with Gasteiger partial charge in [-0.25, -0.2) is 0 Å². The molecule has 0 aliphatic heterocycles. The Hall–Kier alpha value is -0.920. The molecule has 1 rings (SSSR count). The summed E-state index contributed by atoms with van der Waals surface area (Å²) in [5, 5.41) is 0. The molecule has 0 fully saturated rings. The molecule has 0 bridgehead atoms. The molecule has 3 nitrogen and oxygen atoms in total. The minimum atomic E-state index is -2.79. The van der Waals surface area contributed by atoms with E-state index in [-0.39, 0.29) is 0 Å². The summed E-state index contributed by atoms with van der Waals surface area (Å²) in [7, 11) is -2.79. The molecule has 0 aliphatic carbocycles. The van der Waals surface area contributed by atoms with Crippen LogP contribution in [0.25, 0.3) is 0 Å². The van der Waals surface area contributed by atoms with Crippen molar-refractivity contribution >= 4 is 8.25 Å². The number of benzene rings is 1. The van der Waals surface area contributed by atoms with Crippen molar-refractivity contribution in [1.82, 2.24) is 0 Å². The molecular formula is C8H9O3P. The Morgan fingerprint density at radius 2 is 2.00 bits per heavy atom. The van der Waals surface area contributed by atoms with Crippen molar-refractivity contribution in [2.75, 3.05) is 0 Å². The zero-order valence-electron chi connectivity index (χ0n) is 6.69. The lowest BCUT2D eigenvalue weighted by Gasteiger charge is -1.96. The molecule has 12 heavy (non-hydrogen) atoms. The molecule has 0 radical (unpaired) electrons. The number of hydrogen-bond acceptors (Lipinski definition) is 3. The van der Waals surface area contributed by atoms with E-state index >= 15 is 0 Å². The van der Waals surface area contributed by atoms with Crippen LogP contribution in [0.4, 0.5) is 0 Å². The van der Waals surface area contributed by atoms with Crippen LogP contribution in [0.1, 0.15) is 12.5 Å². The van der Waals surface area contributed by atoms with Crippen LogP contribution in [0.3, 0.4) is 0 Å². The Bertz CT molecular complexity index is 268. The minimum Gasteiger partial charge on any atom is -0.558 e. The molecule has 0 aliphatic rings. The Morgan fingerprint density at radius 3 is 2.42 bits per heavy atom. The highest BCUT2D eigenvalue weighted by Gasteiger charge is 2.03. The molecule has 0 saturated carbocycles. The Balaban J connectivity index is 2.71. The van der Waals surface area contributed by atoms with Crippen molar-refractivity contribution in [3.63, 3.8) is 0 Å². The highest BCUT2D eigenvalue weighted by atomic mass is 31.1. The second-order valence-corrected chi connectivity index (χ2v) is 2.94. The zero-order chi connectivity index (χ0) is 8.97. The molecule has 0 saturated heterocycles. The van der Waals surface area contributed by atoms with Crippen LogP contribution in [0.2, 0.25) is 0 Å². The van der Waals surface area contributed by atoms with Gasteiger partial charge in [0.2, 0.25) is 0 Å². The standard InChI is InChI=1S/C8H9O3P/c1-2-7-3-5-8(6-4-7)11-12(9)10/h3-6H,2H2,1H3. The fraction of sp³-hybridized carbons (Fsp3) is 0.250. The quantitative estimate of drug-likeness (QED) is 0.671. The van der Waals surface area contributed by atoms with E-state index in [1.54, 1.807) is 12.1 Å². The first-order chi connectivity index (χ1) is 5.72. The van der Waals surface area contributed by atoms with Crippen molar-refractivity contribution < 1.29 is 14.0 Å². The molecule has 1 unspecified atom stereocenters. The molecule has 0 amide bonds. The molecule has 0 spiro atoms. The second-order valence-electron chi connectivity index (χ2n) is 2.31. The van der Waals surface area contributed by atoms with Gasteiger partial charge in [0.1, 0.15) is 0 Å². The van der Waals surface area contributed by atoms with Gasteiger partial charge in [-0.1, -0.05) is 19.1 Å². The largest absolute Gasteiger partial charge is 0.558 e. The topological polar surface area (TPSA) is 49.4 Å². The van der Waals surface area contributed by atoms with Crippen LogP contribution < -0.4 is 9.42 Å². The zero-order valence-corrected chi connectivity index (χ0v) is 7.58. The lowest BCUT2D eigenvalue weighted by Crippen LogP contribution is -1.92. The van der Waals surface area contributed by atoms with Crippen LogP contribution in [0.5, 0.6) is 5.75 Å². The molecule has 1 aromatic rings. The van der Waals surface area contributed by atoms with Crippen LogP contribution >= 0.6 is 8.25 Å². The number of aryl methyl sites for hydroxylation is 1. The van der Waals surface area contributed by atoms with Gasteiger partial charge in [0, 0.05) is 0 Å². The SMILES string of the molecule is CCc1ccc(O[P+](=O)[O-])cc1. The van der Waals surface area contributed by atoms with Crippen LogP contribution in [-0.4, -0.2) is 0 Å². The molecule has 0 aromatic heterocycles. The molecule has 4 heteroatoms. The highest BCUT2D eigenvalue weighted by Crippen LogP contribution is 2.20. The van der Waals surface area contributed by atoms with E-state index in [4.69, 9.17) is 0 Å². The first-order valence-electron chi connectivity index (χ1n) is 3.63. The van der Waals surface area contributed by atoms with Gasteiger partial charge in [-0.3, -0.25) is 4.52 Å². The Kier molecular flexibility index (Phi) is 3.20. The summed E-state index contributed by atoms with van der Waals surface area (Å²) in [6, 6.07) is 6.97. The molecule has 64 valence electrons. The molecule has 0 N–H and O–H groups in total. The third-order valence-electron chi connectivity index (χ3n) is 1.51.